The van der Waals surface area contributed by atoms with Crippen LogP contribution in [0.2, 0.25) is 5.02 Å². The van der Waals surface area contributed by atoms with Crippen LogP contribution in [0.3, 0.4) is 0 Å². The van der Waals surface area contributed by atoms with Crippen LogP contribution in [-0.4, -0.2) is 13.1 Å². The molecule has 1 nitrogen and oxygen atoms in total. The Balaban J connectivity index is 2.09. The zero-order chi connectivity index (χ0) is 13.7. The summed E-state index contributed by atoms with van der Waals surface area (Å²) in [6.45, 7) is 4.25. The fraction of sp³-hybridized carbons (Fsp3) is 0.625. The maximum absolute atomic E-state index is 13.4. The summed E-state index contributed by atoms with van der Waals surface area (Å²) < 4.78 is 13.4. The summed E-state index contributed by atoms with van der Waals surface area (Å²) >= 11 is 6.21. The Morgan fingerprint density at radius 2 is 2.05 bits per heavy atom. The van der Waals surface area contributed by atoms with E-state index in [4.69, 9.17) is 11.6 Å². The zero-order valence-electron chi connectivity index (χ0n) is 11.6. The Morgan fingerprint density at radius 3 is 2.74 bits per heavy atom. The Kier molecular flexibility index (Phi) is 5.23. The Hall–Kier alpha value is -0.600. The van der Waals surface area contributed by atoms with Gasteiger partial charge in [-0.15, -0.1) is 0 Å². The lowest BCUT2D eigenvalue weighted by atomic mass is 9.80. The van der Waals surface area contributed by atoms with Gasteiger partial charge in [0.05, 0.1) is 0 Å². The van der Waals surface area contributed by atoms with Crippen molar-refractivity contribution >= 4 is 11.6 Å². The van der Waals surface area contributed by atoms with Crippen LogP contribution in [0.15, 0.2) is 18.2 Å². The number of halogens is 2. The molecule has 0 amide bonds. The molecule has 1 N–H and O–H groups in total. The molecule has 1 fully saturated rings. The molecule has 2 rings (SSSR count). The van der Waals surface area contributed by atoms with E-state index in [-0.39, 0.29) is 11.2 Å². The molecule has 0 aromatic heterocycles. The highest BCUT2D eigenvalue weighted by molar-refractivity contribution is 6.31. The molecule has 0 atom stereocenters. The summed E-state index contributed by atoms with van der Waals surface area (Å²) in [5, 5.41) is 4.23. The lowest BCUT2D eigenvalue weighted by molar-refractivity contribution is 0.278. The highest BCUT2D eigenvalue weighted by atomic mass is 35.5. The molecule has 0 bridgehead atoms. The Morgan fingerprint density at radius 1 is 1.32 bits per heavy atom. The second-order valence-corrected chi connectivity index (χ2v) is 6.20. The van der Waals surface area contributed by atoms with Crippen molar-refractivity contribution in [2.75, 3.05) is 13.1 Å². The fourth-order valence-corrected chi connectivity index (χ4v) is 3.34. The largest absolute Gasteiger partial charge is 0.316 e. The first-order valence-corrected chi connectivity index (χ1v) is 7.68. The van der Waals surface area contributed by atoms with Crippen molar-refractivity contribution in [3.8, 4) is 0 Å². The summed E-state index contributed by atoms with van der Waals surface area (Å²) in [5.74, 6) is -0.186. The van der Waals surface area contributed by atoms with Gasteiger partial charge >= 0.3 is 0 Å². The normalized spacial score (nSPS) is 17.8. The molecule has 1 saturated carbocycles. The van der Waals surface area contributed by atoms with Gasteiger partial charge in [-0.25, -0.2) is 4.39 Å². The molecule has 0 spiro atoms. The minimum absolute atomic E-state index is 0.186. The topological polar surface area (TPSA) is 12.0 Å². The van der Waals surface area contributed by atoms with Crippen LogP contribution in [0.25, 0.3) is 0 Å². The summed E-state index contributed by atoms with van der Waals surface area (Å²) in [7, 11) is 0. The van der Waals surface area contributed by atoms with Crippen LogP contribution in [0.4, 0.5) is 4.39 Å². The SMILES string of the molecule is CCCNCC1(Cc2cc(F)ccc2Cl)CCCC1. The standard InChI is InChI=1S/C16H23ClFN/c1-2-9-19-12-16(7-3-4-8-16)11-13-10-14(18)5-6-15(13)17/h5-6,10,19H,2-4,7-9,11-12H2,1H3. The van der Waals surface area contributed by atoms with Gasteiger partial charge in [0.1, 0.15) is 5.82 Å². The molecule has 0 heterocycles. The average molecular weight is 284 g/mol. The number of hydrogen-bond acceptors (Lipinski definition) is 1. The maximum atomic E-state index is 13.4. The van der Waals surface area contributed by atoms with Crippen LogP contribution in [0.1, 0.15) is 44.6 Å². The number of hydrogen-bond donors (Lipinski definition) is 1. The van der Waals surface area contributed by atoms with Gasteiger partial charge in [-0.1, -0.05) is 31.4 Å². The van der Waals surface area contributed by atoms with Crippen LogP contribution < -0.4 is 5.32 Å². The predicted molar refractivity (Wildman–Crippen MR) is 79.2 cm³/mol. The number of benzene rings is 1. The van der Waals surface area contributed by atoms with Gasteiger partial charge in [-0.2, -0.15) is 0 Å². The van der Waals surface area contributed by atoms with E-state index >= 15 is 0 Å². The van der Waals surface area contributed by atoms with Crippen molar-refractivity contribution in [2.45, 2.75) is 45.4 Å². The van der Waals surface area contributed by atoms with E-state index in [1.165, 1.54) is 31.7 Å². The third-order valence-corrected chi connectivity index (χ3v) is 4.53. The first kappa shape index (κ1) is 14.8. The summed E-state index contributed by atoms with van der Waals surface area (Å²) in [4.78, 5) is 0. The van der Waals surface area contributed by atoms with Crippen molar-refractivity contribution < 1.29 is 4.39 Å². The molecule has 1 aromatic rings. The van der Waals surface area contributed by atoms with Crippen molar-refractivity contribution in [1.82, 2.24) is 5.32 Å². The summed E-state index contributed by atoms with van der Waals surface area (Å²) in [6, 6.07) is 4.71. The van der Waals surface area contributed by atoms with Crippen LogP contribution in [-0.2, 0) is 6.42 Å². The predicted octanol–water partition coefficient (Wildman–Crippen LogP) is 4.58. The molecule has 1 aromatic carbocycles. The zero-order valence-corrected chi connectivity index (χ0v) is 12.4. The van der Waals surface area contributed by atoms with Gasteiger partial charge in [0, 0.05) is 11.6 Å². The molecule has 0 radical (unpaired) electrons. The maximum Gasteiger partial charge on any atom is 0.123 e. The van der Waals surface area contributed by atoms with Gasteiger partial charge in [0.2, 0.25) is 0 Å². The van der Waals surface area contributed by atoms with E-state index in [0.717, 1.165) is 31.5 Å². The van der Waals surface area contributed by atoms with Crippen molar-refractivity contribution in [3.63, 3.8) is 0 Å². The lowest BCUT2D eigenvalue weighted by Gasteiger charge is -2.30. The third kappa shape index (κ3) is 3.93. The van der Waals surface area contributed by atoms with E-state index in [1.54, 1.807) is 12.1 Å². The average Bonchev–Trinajstić information content (AvgIpc) is 2.83. The molecule has 3 heteroatoms. The highest BCUT2D eigenvalue weighted by Gasteiger charge is 2.34. The molecule has 0 aliphatic heterocycles. The first-order valence-electron chi connectivity index (χ1n) is 7.30. The van der Waals surface area contributed by atoms with Gasteiger partial charge in [-0.05, 0) is 61.4 Å². The first-order chi connectivity index (χ1) is 9.15. The Bertz CT molecular complexity index is 413. The van der Waals surface area contributed by atoms with E-state index in [9.17, 15) is 4.39 Å². The lowest BCUT2D eigenvalue weighted by Crippen LogP contribution is -2.34. The second-order valence-electron chi connectivity index (χ2n) is 5.80. The van der Waals surface area contributed by atoms with Gasteiger partial charge in [0.15, 0.2) is 0 Å². The van der Waals surface area contributed by atoms with Crippen molar-refractivity contribution in [3.05, 3.63) is 34.6 Å². The molecular weight excluding hydrogens is 261 g/mol. The minimum Gasteiger partial charge on any atom is -0.316 e. The Labute approximate surface area is 120 Å². The molecule has 1 aliphatic rings. The van der Waals surface area contributed by atoms with Crippen LogP contribution in [0, 0.1) is 11.2 Å². The highest BCUT2D eigenvalue weighted by Crippen LogP contribution is 2.41. The molecule has 0 unspecified atom stereocenters. The quantitative estimate of drug-likeness (QED) is 0.754. The molecular formula is C16H23ClFN. The molecule has 106 valence electrons. The van der Waals surface area contributed by atoms with Gasteiger partial charge in [-0.3, -0.25) is 0 Å². The summed E-state index contributed by atoms with van der Waals surface area (Å²) in [5.41, 5.74) is 1.23. The van der Waals surface area contributed by atoms with E-state index in [0.29, 0.717) is 5.02 Å². The minimum atomic E-state index is -0.186. The van der Waals surface area contributed by atoms with Gasteiger partial charge < -0.3 is 5.32 Å². The second kappa shape index (κ2) is 6.71. The third-order valence-electron chi connectivity index (χ3n) is 4.16. The van der Waals surface area contributed by atoms with Gasteiger partial charge in [0.25, 0.3) is 0 Å². The van der Waals surface area contributed by atoms with Crippen molar-refractivity contribution in [1.29, 1.82) is 0 Å². The number of rotatable bonds is 6. The monoisotopic (exact) mass is 283 g/mol. The fourth-order valence-electron chi connectivity index (χ4n) is 3.15. The van der Waals surface area contributed by atoms with Crippen LogP contribution in [0.5, 0.6) is 0 Å². The smallest absolute Gasteiger partial charge is 0.123 e. The molecule has 1 aliphatic carbocycles. The molecule has 19 heavy (non-hydrogen) atoms. The van der Waals surface area contributed by atoms with E-state index in [2.05, 4.69) is 12.2 Å². The van der Waals surface area contributed by atoms with E-state index < -0.39 is 0 Å². The molecule has 0 saturated heterocycles. The van der Waals surface area contributed by atoms with Crippen LogP contribution >= 0.6 is 11.6 Å². The summed E-state index contributed by atoms with van der Waals surface area (Å²) in [6.07, 6.45) is 7.03. The van der Waals surface area contributed by atoms with E-state index in [1.807, 2.05) is 0 Å². The van der Waals surface area contributed by atoms with Crippen molar-refractivity contribution in [2.24, 2.45) is 5.41 Å². The number of nitrogens with one attached hydrogen (secondary N) is 1.